The van der Waals surface area contributed by atoms with Gasteiger partial charge in [-0.2, -0.15) is 0 Å². The molecule has 15 heavy (non-hydrogen) atoms. The summed E-state index contributed by atoms with van der Waals surface area (Å²) in [6, 6.07) is 5.91. The van der Waals surface area contributed by atoms with Crippen LogP contribution in [0.25, 0.3) is 0 Å². The summed E-state index contributed by atoms with van der Waals surface area (Å²) in [7, 11) is 0. The van der Waals surface area contributed by atoms with Gasteiger partial charge in [0.1, 0.15) is 5.82 Å². The summed E-state index contributed by atoms with van der Waals surface area (Å²) < 4.78 is 12.6. The molecule has 1 rings (SSSR count). The van der Waals surface area contributed by atoms with E-state index < -0.39 is 12.0 Å². The van der Waals surface area contributed by atoms with E-state index in [-0.39, 0.29) is 12.2 Å². The largest absolute Gasteiger partial charge is 0.393 e. The summed E-state index contributed by atoms with van der Waals surface area (Å²) in [5.41, 5.74) is 5.80. The normalized spacial score (nSPS) is 12.4. The number of hydrogen-bond donors (Lipinski definition) is 2. The molecule has 0 aliphatic heterocycles. The average molecular weight is 211 g/mol. The lowest BCUT2D eigenvalue weighted by Crippen LogP contribution is -2.17. The SMILES string of the molecule is NC(=O)CCC(O)Cc1ccc(F)cc1. The maximum atomic E-state index is 12.6. The third-order valence-corrected chi connectivity index (χ3v) is 2.11. The highest BCUT2D eigenvalue weighted by Gasteiger charge is 2.07. The van der Waals surface area contributed by atoms with Gasteiger partial charge in [0.15, 0.2) is 0 Å². The minimum atomic E-state index is -0.608. The Labute approximate surface area is 87.7 Å². The molecular weight excluding hydrogens is 197 g/mol. The molecule has 1 unspecified atom stereocenters. The number of rotatable bonds is 5. The first kappa shape index (κ1) is 11.7. The third-order valence-electron chi connectivity index (χ3n) is 2.11. The number of primary amides is 1. The molecule has 0 aromatic heterocycles. The van der Waals surface area contributed by atoms with Crippen LogP contribution in [0.2, 0.25) is 0 Å². The molecular formula is C11H14FNO2. The number of amides is 1. The van der Waals surface area contributed by atoms with Crippen LogP contribution in [0.15, 0.2) is 24.3 Å². The zero-order valence-electron chi connectivity index (χ0n) is 8.32. The minimum absolute atomic E-state index is 0.169. The lowest BCUT2D eigenvalue weighted by molar-refractivity contribution is -0.118. The Morgan fingerprint density at radius 1 is 1.40 bits per heavy atom. The maximum Gasteiger partial charge on any atom is 0.217 e. The molecule has 0 spiro atoms. The summed E-state index contributed by atoms with van der Waals surface area (Å²) in [5, 5.41) is 9.52. The fourth-order valence-corrected chi connectivity index (χ4v) is 1.30. The van der Waals surface area contributed by atoms with Crippen LogP contribution in [0.4, 0.5) is 4.39 Å². The van der Waals surface area contributed by atoms with Crippen LogP contribution in [0.5, 0.6) is 0 Å². The molecule has 4 heteroatoms. The Morgan fingerprint density at radius 2 is 2.00 bits per heavy atom. The lowest BCUT2D eigenvalue weighted by Gasteiger charge is -2.08. The zero-order chi connectivity index (χ0) is 11.3. The van der Waals surface area contributed by atoms with Crippen molar-refractivity contribution in [3.8, 4) is 0 Å². The first-order chi connectivity index (χ1) is 7.08. The lowest BCUT2D eigenvalue weighted by atomic mass is 10.0. The van der Waals surface area contributed by atoms with E-state index in [2.05, 4.69) is 0 Å². The number of aliphatic hydroxyl groups excluding tert-OH is 1. The Bertz CT molecular complexity index is 324. The molecule has 0 radical (unpaired) electrons. The summed E-state index contributed by atoms with van der Waals surface area (Å²) >= 11 is 0. The topological polar surface area (TPSA) is 63.3 Å². The van der Waals surface area contributed by atoms with Crippen molar-refractivity contribution in [2.75, 3.05) is 0 Å². The van der Waals surface area contributed by atoms with Crippen molar-refractivity contribution >= 4 is 5.91 Å². The molecule has 0 saturated heterocycles. The van der Waals surface area contributed by atoms with E-state index in [0.717, 1.165) is 5.56 Å². The summed E-state index contributed by atoms with van der Waals surface area (Å²) in [5.74, 6) is -0.724. The Balaban J connectivity index is 2.40. The van der Waals surface area contributed by atoms with E-state index in [9.17, 15) is 14.3 Å². The number of nitrogens with two attached hydrogens (primary N) is 1. The molecule has 1 amide bonds. The second-order valence-corrected chi connectivity index (χ2v) is 3.49. The van der Waals surface area contributed by atoms with Crippen molar-refractivity contribution < 1.29 is 14.3 Å². The highest BCUT2D eigenvalue weighted by molar-refractivity contribution is 5.73. The molecule has 3 nitrogen and oxygen atoms in total. The van der Waals surface area contributed by atoms with Crippen molar-refractivity contribution in [1.82, 2.24) is 0 Å². The zero-order valence-corrected chi connectivity index (χ0v) is 8.32. The van der Waals surface area contributed by atoms with Gasteiger partial charge in [-0.05, 0) is 30.5 Å². The van der Waals surface area contributed by atoms with Gasteiger partial charge in [-0.15, -0.1) is 0 Å². The molecule has 0 fully saturated rings. The van der Waals surface area contributed by atoms with Crippen molar-refractivity contribution in [1.29, 1.82) is 0 Å². The van der Waals surface area contributed by atoms with Gasteiger partial charge in [0, 0.05) is 6.42 Å². The molecule has 3 N–H and O–H groups in total. The molecule has 1 aromatic rings. The number of carbonyl (C=O) groups is 1. The average Bonchev–Trinajstić information content (AvgIpc) is 2.19. The predicted molar refractivity (Wildman–Crippen MR) is 54.5 cm³/mol. The van der Waals surface area contributed by atoms with Crippen molar-refractivity contribution in [3.63, 3.8) is 0 Å². The van der Waals surface area contributed by atoms with Gasteiger partial charge in [0.05, 0.1) is 6.10 Å². The van der Waals surface area contributed by atoms with Crippen molar-refractivity contribution in [2.45, 2.75) is 25.4 Å². The molecule has 0 saturated carbocycles. The number of benzene rings is 1. The van der Waals surface area contributed by atoms with Crippen LogP contribution in [-0.2, 0) is 11.2 Å². The molecule has 1 atom stereocenters. The molecule has 0 heterocycles. The Morgan fingerprint density at radius 3 is 2.53 bits per heavy atom. The fourth-order valence-electron chi connectivity index (χ4n) is 1.30. The first-order valence-electron chi connectivity index (χ1n) is 4.78. The Kier molecular flexibility index (Phi) is 4.24. The van der Waals surface area contributed by atoms with Gasteiger partial charge >= 0.3 is 0 Å². The van der Waals surface area contributed by atoms with Crippen molar-refractivity contribution in [2.24, 2.45) is 5.73 Å². The fraction of sp³-hybridized carbons (Fsp3) is 0.364. The van der Waals surface area contributed by atoms with Gasteiger partial charge in [-0.25, -0.2) is 4.39 Å². The standard InChI is InChI=1S/C11H14FNO2/c12-9-3-1-8(2-4-9)7-10(14)5-6-11(13)15/h1-4,10,14H,5-7H2,(H2,13,15). The van der Waals surface area contributed by atoms with Gasteiger partial charge in [0.2, 0.25) is 5.91 Å². The summed E-state index contributed by atoms with van der Waals surface area (Å²) in [6.45, 7) is 0. The quantitative estimate of drug-likeness (QED) is 0.763. The molecule has 0 bridgehead atoms. The highest BCUT2D eigenvalue weighted by Crippen LogP contribution is 2.08. The van der Waals surface area contributed by atoms with E-state index in [4.69, 9.17) is 5.73 Å². The van der Waals surface area contributed by atoms with Crippen LogP contribution >= 0.6 is 0 Å². The maximum absolute atomic E-state index is 12.6. The van der Waals surface area contributed by atoms with E-state index in [1.807, 2.05) is 0 Å². The Hall–Kier alpha value is -1.42. The van der Waals surface area contributed by atoms with Gasteiger partial charge in [0.25, 0.3) is 0 Å². The number of carbonyl (C=O) groups excluding carboxylic acids is 1. The predicted octanol–water partition coefficient (Wildman–Crippen LogP) is 0.995. The summed E-state index contributed by atoms with van der Waals surface area (Å²) in [4.78, 5) is 10.5. The van der Waals surface area contributed by atoms with Crippen LogP contribution < -0.4 is 5.73 Å². The van der Waals surface area contributed by atoms with Crippen LogP contribution in [-0.4, -0.2) is 17.1 Å². The highest BCUT2D eigenvalue weighted by atomic mass is 19.1. The number of hydrogen-bond acceptors (Lipinski definition) is 2. The number of halogens is 1. The van der Waals surface area contributed by atoms with E-state index in [1.165, 1.54) is 12.1 Å². The molecule has 0 aliphatic carbocycles. The summed E-state index contributed by atoms with van der Waals surface area (Å²) in [6.07, 6.45) is 0.311. The smallest absolute Gasteiger partial charge is 0.217 e. The second kappa shape index (κ2) is 5.46. The molecule has 0 aliphatic rings. The van der Waals surface area contributed by atoms with Gasteiger partial charge in [-0.1, -0.05) is 12.1 Å². The molecule has 82 valence electrons. The van der Waals surface area contributed by atoms with Crippen molar-refractivity contribution in [3.05, 3.63) is 35.6 Å². The van der Waals surface area contributed by atoms with Gasteiger partial charge < -0.3 is 10.8 Å². The monoisotopic (exact) mass is 211 g/mol. The third kappa shape index (κ3) is 4.56. The van der Waals surface area contributed by atoms with E-state index >= 15 is 0 Å². The van der Waals surface area contributed by atoms with E-state index in [0.29, 0.717) is 12.8 Å². The van der Waals surface area contributed by atoms with Gasteiger partial charge in [-0.3, -0.25) is 4.79 Å². The van der Waals surface area contributed by atoms with Crippen LogP contribution in [0.1, 0.15) is 18.4 Å². The minimum Gasteiger partial charge on any atom is -0.393 e. The first-order valence-corrected chi connectivity index (χ1v) is 4.78. The molecule has 1 aromatic carbocycles. The van der Waals surface area contributed by atoms with E-state index in [1.54, 1.807) is 12.1 Å². The van der Waals surface area contributed by atoms with Crippen LogP contribution in [0, 0.1) is 5.82 Å². The van der Waals surface area contributed by atoms with Crippen LogP contribution in [0.3, 0.4) is 0 Å². The second-order valence-electron chi connectivity index (χ2n) is 3.49. The number of aliphatic hydroxyl groups is 1.